The summed E-state index contributed by atoms with van der Waals surface area (Å²) in [6, 6.07) is 0. The van der Waals surface area contributed by atoms with Gasteiger partial charge in [-0.1, -0.05) is 38.3 Å². The molecule has 1 aliphatic carbocycles. The van der Waals surface area contributed by atoms with Crippen LogP contribution in [0.1, 0.15) is 52.4 Å². The molecule has 0 bridgehead atoms. The van der Waals surface area contributed by atoms with Gasteiger partial charge in [0.05, 0.1) is 5.60 Å². The zero-order valence-electron chi connectivity index (χ0n) is 11.6. The molecular formula is C13H27N3O2. The quantitative estimate of drug-likeness (QED) is 0.190. The number of amidine groups is 1. The number of rotatable bonds is 6. The van der Waals surface area contributed by atoms with E-state index in [1.54, 1.807) is 0 Å². The molecule has 5 N–H and O–H groups in total. The Morgan fingerprint density at radius 3 is 2.50 bits per heavy atom. The van der Waals surface area contributed by atoms with Crippen molar-refractivity contribution in [1.82, 2.24) is 5.32 Å². The summed E-state index contributed by atoms with van der Waals surface area (Å²) in [5.41, 5.74) is 4.77. The largest absolute Gasteiger partial charge is 0.409 e. The molecule has 18 heavy (non-hydrogen) atoms. The van der Waals surface area contributed by atoms with E-state index >= 15 is 0 Å². The second-order valence-corrected chi connectivity index (χ2v) is 6.08. The van der Waals surface area contributed by atoms with Crippen molar-refractivity contribution < 1.29 is 10.3 Å². The lowest BCUT2D eigenvalue weighted by atomic mass is 9.84. The van der Waals surface area contributed by atoms with Crippen molar-refractivity contribution in [3.8, 4) is 0 Å². The van der Waals surface area contributed by atoms with Crippen LogP contribution < -0.4 is 11.1 Å². The van der Waals surface area contributed by atoms with Gasteiger partial charge in [0.15, 0.2) is 0 Å². The van der Waals surface area contributed by atoms with Crippen molar-refractivity contribution in [1.29, 1.82) is 0 Å². The summed E-state index contributed by atoms with van der Waals surface area (Å²) in [5, 5.41) is 25.3. The maximum Gasteiger partial charge on any atom is 0.144 e. The Morgan fingerprint density at radius 1 is 1.33 bits per heavy atom. The summed E-state index contributed by atoms with van der Waals surface area (Å²) in [4.78, 5) is 0. The molecule has 0 aromatic heterocycles. The predicted octanol–water partition coefficient (Wildman–Crippen LogP) is 1.43. The van der Waals surface area contributed by atoms with Crippen molar-refractivity contribution in [3.05, 3.63) is 0 Å². The average Bonchev–Trinajstić information content (AvgIpc) is 2.34. The highest BCUT2D eigenvalue weighted by molar-refractivity contribution is 5.85. The fourth-order valence-corrected chi connectivity index (χ4v) is 2.37. The first-order valence-electron chi connectivity index (χ1n) is 6.81. The fraction of sp³-hybridized carbons (Fsp3) is 0.923. The molecule has 1 fully saturated rings. The molecule has 106 valence electrons. The van der Waals surface area contributed by atoms with Crippen LogP contribution >= 0.6 is 0 Å². The SMILES string of the molecule is CC(C)(CCNCC1(O)CCCCC1)C(N)=NO. The van der Waals surface area contributed by atoms with Gasteiger partial charge < -0.3 is 21.4 Å². The van der Waals surface area contributed by atoms with E-state index < -0.39 is 5.60 Å². The van der Waals surface area contributed by atoms with Gasteiger partial charge in [-0.15, -0.1) is 0 Å². The third-order valence-corrected chi connectivity index (χ3v) is 3.97. The Balaban J connectivity index is 2.26. The molecule has 0 spiro atoms. The first-order chi connectivity index (χ1) is 8.40. The van der Waals surface area contributed by atoms with E-state index in [-0.39, 0.29) is 11.3 Å². The zero-order valence-corrected chi connectivity index (χ0v) is 11.6. The second kappa shape index (κ2) is 6.38. The lowest BCUT2D eigenvalue weighted by Gasteiger charge is -2.32. The standard InChI is InChI=1S/C13H27N3O2/c1-12(2,11(14)16-18)8-9-15-10-13(17)6-4-3-5-7-13/h15,17-18H,3-10H2,1-2H3,(H2,14,16). The Bertz CT molecular complexity index is 284. The number of aliphatic hydroxyl groups is 1. The van der Waals surface area contributed by atoms with Crippen molar-refractivity contribution in [3.63, 3.8) is 0 Å². The van der Waals surface area contributed by atoms with E-state index in [1.807, 2.05) is 13.8 Å². The fourth-order valence-electron chi connectivity index (χ4n) is 2.37. The number of nitrogens with two attached hydrogens (primary N) is 1. The van der Waals surface area contributed by atoms with Crippen LogP contribution in [-0.2, 0) is 0 Å². The minimum absolute atomic E-state index is 0.251. The van der Waals surface area contributed by atoms with E-state index in [0.717, 1.165) is 38.6 Å². The van der Waals surface area contributed by atoms with Gasteiger partial charge in [0.1, 0.15) is 5.84 Å². The van der Waals surface area contributed by atoms with Crippen molar-refractivity contribution in [2.24, 2.45) is 16.3 Å². The molecule has 1 rings (SSSR count). The van der Waals surface area contributed by atoms with Gasteiger partial charge in [0.25, 0.3) is 0 Å². The molecule has 0 saturated heterocycles. The number of oxime groups is 1. The Hall–Kier alpha value is -0.810. The molecule has 0 aromatic carbocycles. The van der Waals surface area contributed by atoms with Crippen molar-refractivity contribution in [2.45, 2.75) is 58.0 Å². The minimum atomic E-state index is -0.529. The third-order valence-electron chi connectivity index (χ3n) is 3.97. The van der Waals surface area contributed by atoms with E-state index in [9.17, 15) is 5.11 Å². The molecule has 5 nitrogen and oxygen atoms in total. The van der Waals surface area contributed by atoms with E-state index in [2.05, 4.69) is 10.5 Å². The van der Waals surface area contributed by atoms with Crippen LogP contribution in [0.15, 0.2) is 5.16 Å². The highest BCUT2D eigenvalue weighted by Crippen LogP contribution is 2.27. The van der Waals surface area contributed by atoms with Gasteiger partial charge in [-0.3, -0.25) is 0 Å². The van der Waals surface area contributed by atoms with Gasteiger partial charge in [-0.25, -0.2) is 0 Å². The molecule has 0 radical (unpaired) electrons. The Kier molecular flexibility index (Phi) is 5.41. The smallest absolute Gasteiger partial charge is 0.144 e. The molecule has 1 saturated carbocycles. The molecule has 0 heterocycles. The summed E-state index contributed by atoms with van der Waals surface area (Å²) in [7, 11) is 0. The molecule has 0 atom stereocenters. The normalized spacial score (nSPS) is 20.9. The average molecular weight is 257 g/mol. The predicted molar refractivity (Wildman–Crippen MR) is 72.7 cm³/mol. The van der Waals surface area contributed by atoms with Crippen LogP contribution in [0.25, 0.3) is 0 Å². The van der Waals surface area contributed by atoms with Crippen LogP contribution in [0.4, 0.5) is 0 Å². The topological polar surface area (TPSA) is 90.9 Å². The minimum Gasteiger partial charge on any atom is -0.409 e. The summed E-state index contributed by atoms with van der Waals surface area (Å²) in [6.07, 6.45) is 6.03. The van der Waals surface area contributed by atoms with Gasteiger partial charge in [-0.2, -0.15) is 0 Å². The van der Waals surface area contributed by atoms with E-state index in [0.29, 0.717) is 6.54 Å². The summed E-state index contributed by atoms with van der Waals surface area (Å²) in [5.74, 6) is 0.251. The maximum atomic E-state index is 10.3. The summed E-state index contributed by atoms with van der Waals surface area (Å²) in [6.45, 7) is 5.28. The highest BCUT2D eigenvalue weighted by atomic mass is 16.4. The zero-order chi connectivity index (χ0) is 13.6. The molecule has 5 heteroatoms. The molecule has 0 aliphatic heterocycles. The van der Waals surface area contributed by atoms with Crippen LogP contribution in [0.3, 0.4) is 0 Å². The van der Waals surface area contributed by atoms with Gasteiger partial charge in [0.2, 0.25) is 0 Å². The number of nitrogens with one attached hydrogen (secondary N) is 1. The van der Waals surface area contributed by atoms with Crippen LogP contribution in [-0.4, -0.2) is 34.8 Å². The number of nitrogens with zero attached hydrogens (tertiary/aromatic N) is 1. The van der Waals surface area contributed by atoms with Gasteiger partial charge >= 0.3 is 0 Å². The maximum absolute atomic E-state index is 10.3. The molecular weight excluding hydrogens is 230 g/mol. The molecule has 0 unspecified atom stereocenters. The monoisotopic (exact) mass is 257 g/mol. The van der Waals surface area contributed by atoms with E-state index in [1.165, 1.54) is 6.42 Å². The van der Waals surface area contributed by atoms with Crippen molar-refractivity contribution >= 4 is 5.84 Å². The highest BCUT2D eigenvalue weighted by Gasteiger charge is 2.29. The molecule has 0 amide bonds. The third kappa shape index (κ3) is 4.46. The number of hydrogen-bond donors (Lipinski definition) is 4. The van der Waals surface area contributed by atoms with E-state index in [4.69, 9.17) is 10.9 Å². The lowest BCUT2D eigenvalue weighted by molar-refractivity contribution is 0.00477. The van der Waals surface area contributed by atoms with Crippen LogP contribution in [0.5, 0.6) is 0 Å². The van der Waals surface area contributed by atoms with Crippen LogP contribution in [0, 0.1) is 5.41 Å². The summed E-state index contributed by atoms with van der Waals surface area (Å²) < 4.78 is 0. The first kappa shape index (κ1) is 15.2. The summed E-state index contributed by atoms with van der Waals surface area (Å²) >= 11 is 0. The van der Waals surface area contributed by atoms with Gasteiger partial charge in [0, 0.05) is 12.0 Å². The first-order valence-corrected chi connectivity index (χ1v) is 6.81. The Labute approximate surface area is 109 Å². The Morgan fingerprint density at radius 2 is 1.94 bits per heavy atom. The molecule has 0 aromatic rings. The lowest BCUT2D eigenvalue weighted by Crippen LogP contribution is -2.43. The van der Waals surface area contributed by atoms with Crippen LogP contribution in [0.2, 0.25) is 0 Å². The number of hydrogen-bond acceptors (Lipinski definition) is 4. The van der Waals surface area contributed by atoms with Crippen molar-refractivity contribution in [2.75, 3.05) is 13.1 Å². The van der Waals surface area contributed by atoms with Gasteiger partial charge in [-0.05, 0) is 25.8 Å². The molecule has 1 aliphatic rings. The second-order valence-electron chi connectivity index (χ2n) is 6.08.